The van der Waals surface area contributed by atoms with E-state index in [1.54, 1.807) is 0 Å². The molecule has 1 aliphatic heterocycles. The smallest absolute Gasteiger partial charge is 0.0900 e. The zero-order chi connectivity index (χ0) is 14.4. The molecule has 4 heteroatoms. The number of ether oxygens (including phenoxy) is 1. The van der Waals surface area contributed by atoms with Gasteiger partial charge in [-0.05, 0) is 30.0 Å². The Hall–Kier alpha value is -1.10. The molecule has 0 bridgehead atoms. The van der Waals surface area contributed by atoms with Crippen LogP contribution in [-0.2, 0) is 17.7 Å². The first-order valence-electron chi connectivity index (χ1n) is 7.55. The van der Waals surface area contributed by atoms with Gasteiger partial charge in [-0.25, -0.2) is 0 Å². The minimum Gasteiger partial charge on any atom is -0.398 e. The maximum Gasteiger partial charge on any atom is 0.0900 e. The number of hydrogen-bond acceptors (Lipinski definition) is 4. The van der Waals surface area contributed by atoms with Gasteiger partial charge in [0.25, 0.3) is 0 Å². The molecule has 4 nitrogen and oxygen atoms in total. The third-order valence-electron chi connectivity index (χ3n) is 3.81. The van der Waals surface area contributed by atoms with Crippen LogP contribution in [0.1, 0.15) is 30.9 Å². The highest BCUT2D eigenvalue weighted by atomic mass is 16.5. The van der Waals surface area contributed by atoms with Crippen molar-refractivity contribution in [1.29, 1.82) is 0 Å². The summed E-state index contributed by atoms with van der Waals surface area (Å²) in [6.45, 7) is 5.75. The number of nitrogens with zero attached hydrogens (tertiary/aromatic N) is 1. The summed E-state index contributed by atoms with van der Waals surface area (Å²) in [7, 11) is 0. The number of aliphatic hydroxyl groups excluding tert-OH is 1. The van der Waals surface area contributed by atoms with Crippen LogP contribution in [0, 0.1) is 0 Å². The summed E-state index contributed by atoms with van der Waals surface area (Å²) in [5.41, 5.74) is 9.46. The van der Waals surface area contributed by atoms with Gasteiger partial charge in [-0.2, -0.15) is 0 Å². The molecule has 1 atom stereocenters. The highest BCUT2D eigenvalue weighted by molar-refractivity contribution is 5.51. The molecule has 1 aromatic rings. The van der Waals surface area contributed by atoms with Crippen molar-refractivity contribution in [3.05, 3.63) is 29.3 Å². The van der Waals surface area contributed by atoms with E-state index in [4.69, 9.17) is 10.5 Å². The molecule has 20 heavy (non-hydrogen) atoms. The number of unbranched alkanes of at least 4 members (excludes halogenated alkanes) is 1. The summed E-state index contributed by atoms with van der Waals surface area (Å²) in [5, 5.41) is 10.0. The SMILES string of the molecule is CCCCOCC(O)CN1CCc2cccc(N)c2C1. The Bertz CT molecular complexity index is 423. The number of aliphatic hydroxyl groups is 1. The number of rotatable bonds is 7. The number of nitrogens with two attached hydrogens (primary N) is 1. The average molecular weight is 278 g/mol. The molecular weight excluding hydrogens is 252 g/mol. The van der Waals surface area contributed by atoms with E-state index in [2.05, 4.69) is 17.9 Å². The minimum absolute atomic E-state index is 0.418. The molecule has 0 amide bonds. The number of hydrogen-bond donors (Lipinski definition) is 2. The van der Waals surface area contributed by atoms with E-state index < -0.39 is 6.10 Å². The van der Waals surface area contributed by atoms with Crippen molar-refractivity contribution in [3.63, 3.8) is 0 Å². The fourth-order valence-corrected chi connectivity index (χ4v) is 2.64. The molecule has 1 heterocycles. The third kappa shape index (κ3) is 4.20. The molecule has 2 rings (SSSR count). The second kappa shape index (κ2) is 7.62. The van der Waals surface area contributed by atoms with Gasteiger partial charge in [-0.1, -0.05) is 25.5 Å². The number of anilines is 1. The van der Waals surface area contributed by atoms with E-state index in [9.17, 15) is 5.11 Å². The molecule has 1 aromatic carbocycles. The molecule has 0 aliphatic carbocycles. The lowest BCUT2D eigenvalue weighted by atomic mass is 9.98. The number of β-amino-alcohol motifs (C(OH)–C–C–N with tert-alkyl or cyclic N) is 1. The molecule has 1 unspecified atom stereocenters. The van der Waals surface area contributed by atoms with Gasteiger partial charge in [-0.3, -0.25) is 4.90 Å². The van der Waals surface area contributed by atoms with E-state index in [1.165, 1.54) is 11.1 Å². The van der Waals surface area contributed by atoms with Crippen LogP contribution in [0.2, 0.25) is 0 Å². The van der Waals surface area contributed by atoms with Crippen LogP contribution in [0.15, 0.2) is 18.2 Å². The highest BCUT2D eigenvalue weighted by Crippen LogP contribution is 2.24. The first kappa shape index (κ1) is 15.3. The molecule has 0 saturated heterocycles. The lowest BCUT2D eigenvalue weighted by Crippen LogP contribution is -2.38. The fourth-order valence-electron chi connectivity index (χ4n) is 2.64. The van der Waals surface area contributed by atoms with Crippen LogP contribution < -0.4 is 5.73 Å². The third-order valence-corrected chi connectivity index (χ3v) is 3.81. The molecule has 112 valence electrons. The Labute approximate surface area is 121 Å². The van der Waals surface area contributed by atoms with Gasteiger partial charge in [0.05, 0.1) is 12.7 Å². The normalized spacial score (nSPS) is 16.9. The topological polar surface area (TPSA) is 58.7 Å². The van der Waals surface area contributed by atoms with Crippen molar-refractivity contribution in [2.45, 2.75) is 38.8 Å². The number of benzene rings is 1. The maximum atomic E-state index is 10.0. The largest absolute Gasteiger partial charge is 0.398 e. The van der Waals surface area contributed by atoms with Gasteiger partial charge < -0.3 is 15.6 Å². The molecule has 0 aromatic heterocycles. The zero-order valence-corrected chi connectivity index (χ0v) is 12.3. The van der Waals surface area contributed by atoms with Gasteiger partial charge in [0.2, 0.25) is 0 Å². The Morgan fingerprint density at radius 1 is 1.45 bits per heavy atom. The van der Waals surface area contributed by atoms with Crippen LogP contribution in [0.4, 0.5) is 5.69 Å². The van der Waals surface area contributed by atoms with Crippen LogP contribution in [0.5, 0.6) is 0 Å². The summed E-state index contributed by atoms with van der Waals surface area (Å²) >= 11 is 0. The monoisotopic (exact) mass is 278 g/mol. The lowest BCUT2D eigenvalue weighted by Gasteiger charge is -2.31. The van der Waals surface area contributed by atoms with Crippen molar-refractivity contribution >= 4 is 5.69 Å². The fraction of sp³-hybridized carbons (Fsp3) is 0.625. The van der Waals surface area contributed by atoms with Crippen LogP contribution in [0.3, 0.4) is 0 Å². The van der Waals surface area contributed by atoms with Crippen molar-refractivity contribution in [3.8, 4) is 0 Å². The van der Waals surface area contributed by atoms with Crippen LogP contribution >= 0.6 is 0 Å². The van der Waals surface area contributed by atoms with E-state index >= 15 is 0 Å². The Morgan fingerprint density at radius 3 is 3.10 bits per heavy atom. The highest BCUT2D eigenvalue weighted by Gasteiger charge is 2.20. The molecule has 0 saturated carbocycles. The van der Waals surface area contributed by atoms with Crippen molar-refractivity contribution in [1.82, 2.24) is 4.90 Å². The first-order valence-corrected chi connectivity index (χ1v) is 7.55. The molecule has 3 N–H and O–H groups in total. The predicted octanol–water partition coefficient (Wildman–Crippen LogP) is 1.80. The van der Waals surface area contributed by atoms with E-state index in [0.717, 1.165) is 44.6 Å². The van der Waals surface area contributed by atoms with Gasteiger partial charge in [-0.15, -0.1) is 0 Å². The van der Waals surface area contributed by atoms with Crippen molar-refractivity contribution < 1.29 is 9.84 Å². The Balaban J connectivity index is 1.79. The molecule has 0 radical (unpaired) electrons. The molecule has 0 fully saturated rings. The van der Waals surface area contributed by atoms with Gasteiger partial charge in [0, 0.05) is 31.9 Å². The van der Waals surface area contributed by atoms with E-state index in [0.29, 0.717) is 13.2 Å². The lowest BCUT2D eigenvalue weighted by molar-refractivity contribution is 0.0135. The molecule has 0 spiro atoms. The Morgan fingerprint density at radius 2 is 2.30 bits per heavy atom. The first-order chi connectivity index (χ1) is 9.70. The number of fused-ring (bicyclic) bond motifs is 1. The number of nitrogen functional groups attached to an aromatic ring is 1. The second-order valence-corrected chi connectivity index (χ2v) is 5.55. The van der Waals surface area contributed by atoms with Gasteiger partial charge in [0.15, 0.2) is 0 Å². The van der Waals surface area contributed by atoms with Crippen LogP contribution in [-0.4, -0.2) is 42.4 Å². The maximum absolute atomic E-state index is 10.0. The van der Waals surface area contributed by atoms with Crippen molar-refractivity contribution in [2.24, 2.45) is 0 Å². The van der Waals surface area contributed by atoms with E-state index in [1.807, 2.05) is 12.1 Å². The average Bonchev–Trinajstić information content (AvgIpc) is 2.45. The summed E-state index contributed by atoms with van der Waals surface area (Å²) in [6, 6.07) is 6.11. The second-order valence-electron chi connectivity index (χ2n) is 5.55. The zero-order valence-electron chi connectivity index (χ0n) is 12.3. The van der Waals surface area contributed by atoms with Gasteiger partial charge >= 0.3 is 0 Å². The van der Waals surface area contributed by atoms with Crippen molar-refractivity contribution in [2.75, 3.05) is 32.0 Å². The summed E-state index contributed by atoms with van der Waals surface area (Å²) in [5.74, 6) is 0. The standard InChI is InChI=1S/C16H26N2O2/c1-2-3-9-20-12-14(19)10-18-8-7-13-5-4-6-16(17)15(13)11-18/h4-6,14,19H,2-3,7-12,17H2,1H3. The van der Waals surface area contributed by atoms with Crippen LogP contribution in [0.25, 0.3) is 0 Å². The van der Waals surface area contributed by atoms with E-state index in [-0.39, 0.29) is 0 Å². The summed E-state index contributed by atoms with van der Waals surface area (Å²) in [4.78, 5) is 2.26. The quantitative estimate of drug-likeness (QED) is 0.590. The Kier molecular flexibility index (Phi) is 5.83. The summed E-state index contributed by atoms with van der Waals surface area (Å²) in [6.07, 6.45) is 2.76. The molecular formula is C16H26N2O2. The minimum atomic E-state index is -0.418. The predicted molar refractivity (Wildman–Crippen MR) is 81.6 cm³/mol. The molecule has 1 aliphatic rings. The summed E-state index contributed by atoms with van der Waals surface area (Å²) < 4.78 is 5.47. The van der Waals surface area contributed by atoms with Gasteiger partial charge in [0.1, 0.15) is 0 Å².